The van der Waals surface area contributed by atoms with Crippen LogP contribution in [-0.2, 0) is 0 Å². The van der Waals surface area contributed by atoms with Crippen LogP contribution in [0.5, 0.6) is 0 Å². The van der Waals surface area contributed by atoms with Crippen molar-refractivity contribution in [2.24, 2.45) is 5.92 Å². The van der Waals surface area contributed by atoms with Gasteiger partial charge in [0.1, 0.15) is 0 Å². The second kappa shape index (κ2) is 3.11. The Morgan fingerprint density at radius 1 is 1.64 bits per heavy atom. The smallest absolute Gasteiger partial charge is 0.0930 e. The van der Waals surface area contributed by atoms with Crippen molar-refractivity contribution in [2.75, 3.05) is 0 Å². The van der Waals surface area contributed by atoms with Gasteiger partial charge in [-0.05, 0) is 25.2 Å². The first kappa shape index (κ1) is 9.01. The zero-order chi connectivity index (χ0) is 8.48. The van der Waals surface area contributed by atoms with Gasteiger partial charge in [-0.1, -0.05) is 20.3 Å². The second-order valence-electron chi connectivity index (χ2n) is 3.74. The predicted octanol–water partition coefficient (Wildman–Crippen LogP) is 1.31. The van der Waals surface area contributed by atoms with Gasteiger partial charge in [0.2, 0.25) is 0 Å². The molecule has 2 N–H and O–H groups in total. The third-order valence-electron chi connectivity index (χ3n) is 2.97. The molecule has 0 spiro atoms. The molecule has 0 radical (unpaired) electrons. The summed E-state index contributed by atoms with van der Waals surface area (Å²) in [5, 5.41) is 19.4. The SMILES string of the molecule is CCCC(O)C1(O)CCC1C. The molecule has 0 heterocycles. The Morgan fingerprint density at radius 2 is 2.27 bits per heavy atom. The maximum Gasteiger partial charge on any atom is 0.0930 e. The number of aliphatic hydroxyl groups is 2. The molecule has 0 aromatic carbocycles. The van der Waals surface area contributed by atoms with Crippen molar-refractivity contribution < 1.29 is 10.2 Å². The molecule has 2 heteroatoms. The quantitative estimate of drug-likeness (QED) is 0.650. The van der Waals surface area contributed by atoms with Gasteiger partial charge in [0.05, 0.1) is 11.7 Å². The minimum Gasteiger partial charge on any atom is -0.390 e. The summed E-state index contributed by atoms with van der Waals surface area (Å²) in [6.07, 6.45) is 2.99. The highest BCUT2D eigenvalue weighted by atomic mass is 16.3. The Kier molecular flexibility index (Phi) is 2.55. The molecule has 0 amide bonds. The minimum absolute atomic E-state index is 0.282. The zero-order valence-corrected chi connectivity index (χ0v) is 7.38. The largest absolute Gasteiger partial charge is 0.390 e. The van der Waals surface area contributed by atoms with Crippen LogP contribution in [0.2, 0.25) is 0 Å². The van der Waals surface area contributed by atoms with Gasteiger partial charge < -0.3 is 10.2 Å². The maximum absolute atomic E-state index is 9.83. The van der Waals surface area contributed by atoms with Gasteiger partial charge >= 0.3 is 0 Å². The molecular weight excluding hydrogens is 140 g/mol. The van der Waals surface area contributed by atoms with Gasteiger partial charge in [0.15, 0.2) is 0 Å². The van der Waals surface area contributed by atoms with Crippen LogP contribution in [0.25, 0.3) is 0 Å². The Morgan fingerprint density at radius 3 is 2.55 bits per heavy atom. The van der Waals surface area contributed by atoms with Crippen LogP contribution in [0, 0.1) is 5.92 Å². The van der Waals surface area contributed by atoms with Crippen LogP contribution >= 0.6 is 0 Å². The van der Waals surface area contributed by atoms with Gasteiger partial charge in [0.25, 0.3) is 0 Å². The van der Waals surface area contributed by atoms with Crippen LogP contribution in [-0.4, -0.2) is 21.9 Å². The van der Waals surface area contributed by atoms with E-state index in [2.05, 4.69) is 0 Å². The molecule has 2 nitrogen and oxygen atoms in total. The molecule has 1 aliphatic rings. The van der Waals surface area contributed by atoms with E-state index >= 15 is 0 Å². The van der Waals surface area contributed by atoms with Gasteiger partial charge in [-0.3, -0.25) is 0 Å². The van der Waals surface area contributed by atoms with Gasteiger partial charge in [-0.2, -0.15) is 0 Å². The van der Waals surface area contributed by atoms with Crippen molar-refractivity contribution >= 4 is 0 Å². The molecule has 1 fully saturated rings. The van der Waals surface area contributed by atoms with E-state index in [1.807, 2.05) is 13.8 Å². The summed E-state index contributed by atoms with van der Waals surface area (Å²) >= 11 is 0. The van der Waals surface area contributed by atoms with E-state index in [0.717, 1.165) is 25.7 Å². The zero-order valence-electron chi connectivity index (χ0n) is 7.38. The maximum atomic E-state index is 9.83. The normalized spacial score (nSPS) is 39.8. The Balaban J connectivity index is 2.44. The molecule has 1 aliphatic carbocycles. The van der Waals surface area contributed by atoms with E-state index in [0.29, 0.717) is 0 Å². The highest BCUT2D eigenvalue weighted by molar-refractivity contribution is 4.98. The summed E-state index contributed by atoms with van der Waals surface area (Å²) in [5.74, 6) is 0.282. The average molecular weight is 158 g/mol. The van der Waals surface area contributed by atoms with Crippen molar-refractivity contribution in [3.63, 3.8) is 0 Å². The number of hydrogen-bond donors (Lipinski definition) is 2. The molecule has 11 heavy (non-hydrogen) atoms. The molecule has 66 valence electrons. The molecule has 0 aromatic rings. The average Bonchev–Trinajstić information content (AvgIpc) is 2.01. The molecule has 0 aromatic heterocycles. The third kappa shape index (κ3) is 1.42. The fraction of sp³-hybridized carbons (Fsp3) is 1.00. The summed E-state index contributed by atoms with van der Waals surface area (Å²) in [7, 11) is 0. The van der Waals surface area contributed by atoms with Crippen LogP contribution in [0.15, 0.2) is 0 Å². The van der Waals surface area contributed by atoms with Crippen molar-refractivity contribution in [3.05, 3.63) is 0 Å². The Hall–Kier alpha value is -0.0800. The van der Waals surface area contributed by atoms with E-state index in [-0.39, 0.29) is 5.92 Å². The summed E-state index contributed by atoms with van der Waals surface area (Å²) < 4.78 is 0. The summed E-state index contributed by atoms with van der Waals surface area (Å²) in [4.78, 5) is 0. The van der Waals surface area contributed by atoms with Crippen molar-refractivity contribution in [1.82, 2.24) is 0 Å². The lowest BCUT2D eigenvalue weighted by Crippen LogP contribution is -2.54. The van der Waals surface area contributed by atoms with Crippen molar-refractivity contribution in [1.29, 1.82) is 0 Å². The molecule has 3 atom stereocenters. The first-order valence-electron chi connectivity index (χ1n) is 4.51. The minimum atomic E-state index is -0.754. The first-order chi connectivity index (χ1) is 5.11. The van der Waals surface area contributed by atoms with Gasteiger partial charge in [-0.15, -0.1) is 0 Å². The van der Waals surface area contributed by atoms with Gasteiger partial charge in [-0.25, -0.2) is 0 Å². The summed E-state index contributed by atoms with van der Waals surface area (Å²) in [6, 6.07) is 0. The van der Waals surface area contributed by atoms with Crippen molar-refractivity contribution in [3.8, 4) is 0 Å². The van der Waals surface area contributed by atoms with Crippen LogP contribution < -0.4 is 0 Å². The van der Waals surface area contributed by atoms with E-state index in [1.165, 1.54) is 0 Å². The Labute approximate surface area is 68.2 Å². The molecule has 0 saturated heterocycles. The lowest BCUT2D eigenvalue weighted by Gasteiger charge is -2.46. The highest BCUT2D eigenvalue weighted by Gasteiger charge is 2.47. The molecule has 3 unspecified atom stereocenters. The van der Waals surface area contributed by atoms with Crippen LogP contribution in [0.4, 0.5) is 0 Å². The third-order valence-corrected chi connectivity index (χ3v) is 2.97. The number of hydrogen-bond acceptors (Lipinski definition) is 2. The lowest BCUT2D eigenvalue weighted by atomic mass is 9.66. The Bertz CT molecular complexity index is 136. The van der Waals surface area contributed by atoms with Crippen LogP contribution in [0.3, 0.4) is 0 Å². The molecular formula is C9H18O2. The molecule has 1 rings (SSSR count). The molecule has 0 aliphatic heterocycles. The van der Waals surface area contributed by atoms with E-state index < -0.39 is 11.7 Å². The van der Waals surface area contributed by atoms with Gasteiger partial charge in [0, 0.05) is 0 Å². The molecule has 0 bridgehead atoms. The van der Waals surface area contributed by atoms with E-state index in [9.17, 15) is 10.2 Å². The topological polar surface area (TPSA) is 40.5 Å². The summed E-state index contributed by atoms with van der Waals surface area (Å²) in [5.41, 5.74) is -0.754. The van der Waals surface area contributed by atoms with Crippen LogP contribution in [0.1, 0.15) is 39.5 Å². The van der Waals surface area contributed by atoms with E-state index in [4.69, 9.17) is 0 Å². The first-order valence-corrected chi connectivity index (χ1v) is 4.51. The fourth-order valence-corrected chi connectivity index (χ4v) is 1.75. The van der Waals surface area contributed by atoms with E-state index in [1.54, 1.807) is 0 Å². The van der Waals surface area contributed by atoms with Crippen molar-refractivity contribution in [2.45, 2.75) is 51.2 Å². The lowest BCUT2D eigenvalue weighted by molar-refractivity contribution is -0.165. The molecule has 1 saturated carbocycles. The standard InChI is InChI=1S/C9H18O2/c1-3-4-8(10)9(11)6-5-7(9)2/h7-8,10-11H,3-6H2,1-2H3. The highest BCUT2D eigenvalue weighted by Crippen LogP contribution is 2.41. The number of rotatable bonds is 3. The number of aliphatic hydroxyl groups excluding tert-OH is 1. The predicted molar refractivity (Wildman–Crippen MR) is 44.3 cm³/mol. The monoisotopic (exact) mass is 158 g/mol. The fourth-order valence-electron chi connectivity index (χ4n) is 1.75. The summed E-state index contributed by atoms with van der Waals surface area (Å²) in [6.45, 7) is 4.03. The second-order valence-corrected chi connectivity index (χ2v) is 3.74.